The van der Waals surface area contributed by atoms with Gasteiger partial charge < -0.3 is 5.32 Å². The van der Waals surface area contributed by atoms with E-state index in [4.69, 9.17) is 0 Å². The van der Waals surface area contributed by atoms with Gasteiger partial charge in [0.1, 0.15) is 0 Å². The Morgan fingerprint density at radius 2 is 1.88 bits per heavy atom. The maximum absolute atomic E-state index is 12.5. The van der Waals surface area contributed by atoms with Gasteiger partial charge in [0.25, 0.3) is 5.56 Å². The molecule has 1 N–H and O–H groups in total. The molecule has 0 radical (unpaired) electrons. The lowest BCUT2D eigenvalue weighted by Crippen LogP contribution is -2.26. The van der Waals surface area contributed by atoms with Crippen LogP contribution in [0.2, 0.25) is 0 Å². The number of anilines is 1. The molecule has 2 aromatic carbocycles. The first-order valence-electron chi connectivity index (χ1n) is 8.27. The second-order valence-corrected chi connectivity index (χ2v) is 6.02. The van der Waals surface area contributed by atoms with E-state index in [-0.39, 0.29) is 5.56 Å². The first kappa shape index (κ1) is 15.3. The first-order valence-corrected chi connectivity index (χ1v) is 8.27. The molecule has 124 valence electrons. The molecule has 25 heavy (non-hydrogen) atoms. The van der Waals surface area contributed by atoms with Gasteiger partial charge in [-0.1, -0.05) is 36.4 Å². The van der Waals surface area contributed by atoms with Crippen molar-refractivity contribution in [3.8, 4) is 0 Å². The van der Waals surface area contributed by atoms with Crippen LogP contribution >= 0.6 is 0 Å². The monoisotopic (exact) mass is 330 g/mol. The second kappa shape index (κ2) is 6.36. The predicted molar refractivity (Wildman–Crippen MR) is 101 cm³/mol. The SMILES string of the molecule is Cc1cccc2c(NCCn3ncc4ccccc4c3=O)ccnc12. The Morgan fingerprint density at radius 1 is 1.04 bits per heavy atom. The number of hydrogen-bond acceptors (Lipinski definition) is 4. The van der Waals surface area contributed by atoms with Gasteiger partial charge in [-0.05, 0) is 24.6 Å². The number of benzene rings is 2. The molecular weight excluding hydrogens is 312 g/mol. The largest absolute Gasteiger partial charge is 0.383 e. The minimum absolute atomic E-state index is 0.0599. The van der Waals surface area contributed by atoms with Crippen molar-refractivity contribution in [2.45, 2.75) is 13.5 Å². The topological polar surface area (TPSA) is 59.8 Å². The molecule has 0 spiro atoms. The minimum atomic E-state index is -0.0599. The molecule has 0 bridgehead atoms. The zero-order valence-electron chi connectivity index (χ0n) is 13.9. The van der Waals surface area contributed by atoms with Gasteiger partial charge in [0, 0.05) is 29.2 Å². The van der Waals surface area contributed by atoms with Crippen molar-refractivity contribution in [1.82, 2.24) is 14.8 Å². The Kier molecular flexibility index (Phi) is 3.90. The minimum Gasteiger partial charge on any atom is -0.383 e. The van der Waals surface area contributed by atoms with Gasteiger partial charge in [0.2, 0.25) is 0 Å². The average Bonchev–Trinajstić information content (AvgIpc) is 2.64. The van der Waals surface area contributed by atoms with Gasteiger partial charge in [-0.2, -0.15) is 5.10 Å². The molecule has 0 atom stereocenters. The average molecular weight is 330 g/mol. The van der Waals surface area contributed by atoms with Crippen LogP contribution in [0.3, 0.4) is 0 Å². The number of aromatic nitrogens is 3. The molecule has 0 aliphatic carbocycles. The van der Waals surface area contributed by atoms with Crippen molar-refractivity contribution in [3.63, 3.8) is 0 Å². The fraction of sp³-hybridized carbons (Fsp3) is 0.150. The number of fused-ring (bicyclic) bond motifs is 2. The van der Waals surface area contributed by atoms with E-state index in [1.807, 2.05) is 36.4 Å². The molecule has 0 saturated heterocycles. The first-order chi connectivity index (χ1) is 12.2. The van der Waals surface area contributed by atoms with Crippen LogP contribution in [-0.4, -0.2) is 21.3 Å². The van der Waals surface area contributed by atoms with Crippen molar-refractivity contribution in [1.29, 1.82) is 0 Å². The number of rotatable bonds is 4. The van der Waals surface area contributed by atoms with E-state index in [0.29, 0.717) is 18.5 Å². The van der Waals surface area contributed by atoms with E-state index < -0.39 is 0 Å². The van der Waals surface area contributed by atoms with E-state index in [0.717, 1.165) is 27.5 Å². The Hall–Kier alpha value is -3.21. The number of para-hydroxylation sites is 1. The maximum Gasteiger partial charge on any atom is 0.274 e. The molecule has 5 nitrogen and oxygen atoms in total. The normalized spacial score (nSPS) is 11.1. The fourth-order valence-electron chi connectivity index (χ4n) is 3.06. The molecule has 2 aromatic heterocycles. The summed E-state index contributed by atoms with van der Waals surface area (Å²) in [6.07, 6.45) is 3.54. The van der Waals surface area contributed by atoms with Gasteiger partial charge in [-0.25, -0.2) is 4.68 Å². The smallest absolute Gasteiger partial charge is 0.274 e. The number of pyridine rings is 1. The highest BCUT2D eigenvalue weighted by Crippen LogP contribution is 2.23. The maximum atomic E-state index is 12.5. The highest BCUT2D eigenvalue weighted by Gasteiger charge is 2.05. The summed E-state index contributed by atoms with van der Waals surface area (Å²) in [7, 11) is 0. The van der Waals surface area contributed by atoms with E-state index >= 15 is 0 Å². The quantitative estimate of drug-likeness (QED) is 0.623. The predicted octanol–water partition coefficient (Wildman–Crippen LogP) is 3.37. The van der Waals surface area contributed by atoms with Crippen LogP contribution in [0, 0.1) is 6.92 Å². The second-order valence-electron chi connectivity index (χ2n) is 6.02. The van der Waals surface area contributed by atoms with Crippen molar-refractivity contribution in [2.75, 3.05) is 11.9 Å². The van der Waals surface area contributed by atoms with Gasteiger partial charge in [0.05, 0.1) is 23.6 Å². The molecule has 0 aliphatic rings. The number of nitrogens with zero attached hydrogens (tertiary/aromatic N) is 3. The van der Waals surface area contributed by atoms with E-state index in [1.54, 1.807) is 12.4 Å². The molecule has 4 aromatic rings. The van der Waals surface area contributed by atoms with Crippen molar-refractivity contribution >= 4 is 27.4 Å². The third-order valence-electron chi connectivity index (χ3n) is 4.37. The van der Waals surface area contributed by atoms with Crippen LogP contribution in [0.4, 0.5) is 5.69 Å². The van der Waals surface area contributed by atoms with Crippen molar-refractivity contribution < 1.29 is 0 Å². The number of aryl methyl sites for hydroxylation is 1. The van der Waals surface area contributed by atoms with E-state index in [9.17, 15) is 4.79 Å². The molecule has 0 amide bonds. The summed E-state index contributed by atoms with van der Waals surface area (Å²) in [4.78, 5) is 16.9. The lowest BCUT2D eigenvalue weighted by Gasteiger charge is -2.11. The zero-order chi connectivity index (χ0) is 17.2. The van der Waals surface area contributed by atoms with Crippen molar-refractivity contribution in [3.05, 3.63) is 76.8 Å². The number of nitrogens with one attached hydrogen (secondary N) is 1. The molecule has 5 heteroatoms. The lowest BCUT2D eigenvalue weighted by molar-refractivity contribution is 0.605. The lowest BCUT2D eigenvalue weighted by atomic mass is 10.1. The van der Waals surface area contributed by atoms with Gasteiger partial charge in [-0.15, -0.1) is 0 Å². The standard InChI is InChI=1S/C20H18N4O/c1-14-5-4-8-17-18(9-10-22-19(14)17)21-11-12-24-20(25)16-7-3-2-6-15(16)13-23-24/h2-10,13H,11-12H2,1H3,(H,21,22). The number of hydrogen-bond donors (Lipinski definition) is 1. The summed E-state index contributed by atoms with van der Waals surface area (Å²) in [6.45, 7) is 3.16. The van der Waals surface area contributed by atoms with Crippen LogP contribution in [0.15, 0.2) is 65.7 Å². The molecule has 2 heterocycles. The molecule has 0 unspecified atom stereocenters. The summed E-state index contributed by atoms with van der Waals surface area (Å²) in [5.41, 5.74) is 3.10. The summed E-state index contributed by atoms with van der Waals surface area (Å²) in [5.74, 6) is 0. The van der Waals surface area contributed by atoms with Gasteiger partial charge in [0.15, 0.2) is 0 Å². The Balaban J connectivity index is 1.57. The Bertz CT molecular complexity index is 1120. The van der Waals surface area contributed by atoms with Crippen LogP contribution in [-0.2, 0) is 6.54 Å². The molecule has 0 aliphatic heterocycles. The van der Waals surface area contributed by atoms with Crippen LogP contribution in [0.1, 0.15) is 5.56 Å². The van der Waals surface area contributed by atoms with Crippen molar-refractivity contribution in [2.24, 2.45) is 0 Å². The molecule has 0 saturated carbocycles. The highest BCUT2D eigenvalue weighted by molar-refractivity contribution is 5.92. The molecule has 0 fully saturated rings. The van der Waals surface area contributed by atoms with E-state index in [1.165, 1.54) is 4.68 Å². The third-order valence-corrected chi connectivity index (χ3v) is 4.37. The Labute approximate surface area is 144 Å². The Morgan fingerprint density at radius 3 is 2.80 bits per heavy atom. The molecule has 4 rings (SSSR count). The zero-order valence-corrected chi connectivity index (χ0v) is 13.9. The fourth-order valence-corrected chi connectivity index (χ4v) is 3.06. The van der Waals surface area contributed by atoms with E-state index in [2.05, 4.69) is 34.5 Å². The van der Waals surface area contributed by atoms with Crippen LogP contribution in [0.5, 0.6) is 0 Å². The van der Waals surface area contributed by atoms with Gasteiger partial charge in [-0.3, -0.25) is 9.78 Å². The summed E-state index contributed by atoms with van der Waals surface area (Å²) in [5, 5.41) is 10.3. The van der Waals surface area contributed by atoms with Gasteiger partial charge >= 0.3 is 0 Å². The summed E-state index contributed by atoms with van der Waals surface area (Å²) in [6, 6.07) is 15.6. The van der Waals surface area contributed by atoms with Crippen LogP contribution < -0.4 is 10.9 Å². The molecular formula is C20H18N4O. The summed E-state index contributed by atoms with van der Waals surface area (Å²) >= 11 is 0. The third kappa shape index (κ3) is 2.85. The highest BCUT2D eigenvalue weighted by atomic mass is 16.1. The summed E-state index contributed by atoms with van der Waals surface area (Å²) < 4.78 is 1.50. The van der Waals surface area contributed by atoms with Crippen LogP contribution in [0.25, 0.3) is 21.7 Å².